The number of benzene rings is 1. The molecule has 6 heteroatoms. The van der Waals surface area contributed by atoms with Gasteiger partial charge in [-0.1, -0.05) is 43.1 Å². The largest absolute Gasteiger partial charge is 0.374 e. The van der Waals surface area contributed by atoms with Gasteiger partial charge in [-0.05, 0) is 31.4 Å². The van der Waals surface area contributed by atoms with E-state index in [0.29, 0.717) is 15.7 Å². The first-order valence-electron chi connectivity index (χ1n) is 6.62. The summed E-state index contributed by atoms with van der Waals surface area (Å²) in [5.74, 6) is -0.293. The maximum absolute atomic E-state index is 12.0. The number of hydrogen-bond donors (Lipinski definition) is 2. The molecule has 21 heavy (non-hydrogen) atoms. The van der Waals surface area contributed by atoms with Crippen molar-refractivity contribution in [3.8, 4) is 6.07 Å². The molecule has 0 aliphatic rings. The molecule has 0 saturated heterocycles. The minimum Gasteiger partial charge on any atom is -0.374 e. The van der Waals surface area contributed by atoms with Gasteiger partial charge in [-0.2, -0.15) is 5.26 Å². The summed E-state index contributed by atoms with van der Waals surface area (Å²) < 4.78 is 0. The fraction of sp³-hybridized carbons (Fsp3) is 0.467. The van der Waals surface area contributed by atoms with Crippen LogP contribution < -0.4 is 10.6 Å². The van der Waals surface area contributed by atoms with Crippen LogP contribution in [0.25, 0.3) is 0 Å². The van der Waals surface area contributed by atoms with E-state index >= 15 is 0 Å². The van der Waals surface area contributed by atoms with E-state index in [1.165, 1.54) is 0 Å². The summed E-state index contributed by atoms with van der Waals surface area (Å²) in [4.78, 5) is 12.0. The highest BCUT2D eigenvalue weighted by Crippen LogP contribution is 2.32. The second-order valence-electron chi connectivity index (χ2n) is 5.42. The molecule has 2 N–H and O–H groups in total. The molecule has 0 fully saturated rings. The molecule has 1 amide bonds. The predicted molar refractivity (Wildman–Crippen MR) is 86.7 cm³/mol. The van der Waals surface area contributed by atoms with Gasteiger partial charge in [-0.3, -0.25) is 4.79 Å². The van der Waals surface area contributed by atoms with E-state index in [2.05, 4.69) is 16.7 Å². The van der Waals surface area contributed by atoms with Crippen LogP contribution in [0, 0.1) is 24.2 Å². The zero-order chi connectivity index (χ0) is 16.2. The first kappa shape index (κ1) is 17.6. The van der Waals surface area contributed by atoms with Crippen LogP contribution in [-0.2, 0) is 4.79 Å². The Hall–Kier alpha value is -1.44. The van der Waals surface area contributed by atoms with Crippen LogP contribution >= 0.6 is 23.2 Å². The molecule has 0 aliphatic carbocycles. The quantitative estimate of drug-likeness (QED) is 0.865. The fourth-order valence-corrected chi connectivity index (χ4v) is 2.13. The lowest BCUT2D eigenvalue weighted by Crippen LogP contribution is -2.50. The van der Waals surface area contributed by atoms with E-state index in [9.17, 15) is 10.1 Å². The van der Waals surface area contributed by atoms with E-state index in [1.807, 2.05) is 20.8 Å². The van der Waals surface area contributed by atoms with Crippen LogP contribution in [0.2, 0.25) is 10.0 Å². The number of nitrogens with one attached hydrogen (secondary N) is 2. The van der Waals surface area contributed by atoms with Crippen molar-refractivity contribution in [3.63, 3.8) is 0 Å². The summed E-state index contributed by atoms with van der Waals surface area (Å²) in [5.41, 5.74) is 0.489. The summed E-state index contributed by atoms with van der Waals surface area (Å²) in [6.07, 6.45) is 0. The average Bonchev–Trinajstić information content (AvgIpc) is 2.42. The Labute approximate surface area is 135 Å². The summed E-state index contributed by atoms with van der Waals surface area (Å²) in [7, 11) is 0. The fourth-order valence-electron chi connectivity index (χ4n) is 1.62. The van der Waals surface area contributed by atoms with Crippen LogP contribution in [0.15, 0.2) is 12.1 Å². The third-order valence-corrected chi connectivity index (χ3v) is 4.30. The van der Waals surface area contributed by atoms with Crippen LogP contribution in [-0.4, -0.2) is 18.0 Å². The highest BCUT2D eigenvalue weighted by atomic mass is 35.5. The van der Waals surface area contributed by atoms with Gasteiger partial charge in [0.25, 0.3) is 0 Å². The van der Waals surface area contributed by atoms with Gasteiger partial charge in [-0.15, -0.1) is 0 Å². The highest BCUT2D eigenvalue weighted by molar-refractivity contribution is 6.39. The molecule has 0 radical (unpaired) electrons. The number of carbonyl (C=O) groups is 1. The van der Waals surface area contributed by atoms with Crippen molar-refractivity contribution in [3.05, 3.63) is 27.7 Å². The lowest BCUT2D eigenvalue weighted by Gasteiger charge is -2.27. The van der Waals surface area contributed by atoms with Gasteiger partial charge in [0.05, 0.1) is 28.3 Å². The Balaban J connectivity index is 2.75. The van der Waals surface area contributed by atoms with Crippen molar-refractivity contribution in [2.75, 3.05) is 11.9 Å². The Morgan fingerprint density at radius 1 is 1.43 bits per heavy atom. The second kappa shape index (κ2) is 7.02. The van der Waals surface area contributed by atoms with Crippen molar-refractivity contribution in [1.82, 2.24) is 5.32 Å². The van der Waals surface area contributed by atoms with Crippen LogP contribution in [0.4, 0.5) is 5.69 Å². The summed E-state index contributed by atoms with van der Waals surface area (Å²) in [6.45, 7) is 7.31. The number of anilines is 1. The minimum atomic E-state index is -0.904. The van der Waals surface area contributed by atoms with E-state index in [1.54, 1.807) is 19.1 Å². The predicted octanol–water partition coefficient (Wildman–Crippen LogP) is 3.77. The average molecular weight is 328 g/mol. The molecule has 1 aromatic carbocycles. The summed E-state index contributed by atoms with van der Waals surface area (Å²) >= 11 is 12.2. The molecule has 114 valence electrons. The normalized spacial score (nSPS) is 13.4. The van der Waals surface area contributed by atoms with Crippen molar-refractivity contribution in [1.29, 1.82) is 5.26 Å². The standard InChI is InChI=1S/C15H19Cl2N3O/c1-9(2)15(4,8-18)20-12(21)7-19-14-11(16)6-5-10(3)13(14)17/h5-6,9,19H,7H2,1-4H3,(H,20,21)/t15-/m1/s1. The molecular weight excluding hydrogens is 309 g/mol. The third kappa shape index (κ3) is 4.26. The van der Waals surface area contributed by atoms with Crippen molar-refractivity contribution in [2.24, 2.45) is 5.92 Å². The van der Waals surface area contributed by atoms with E-state index < -0.39 is 5.54 Å². The molecule has 0 heterocycles. The first-order chi connectivity index (χ1) is 9.71. The van der Waals surface area contributed by atoms with Gasteiger partial charge in [-0.25, -0.2) is 0 Å². The van der Waals surface area contributed by atoms with Gasteiger partial charge >= 0.3 is 0 Å². The van der Waals surface area contributed by atoms with Crippen LogP contribution in [0.3, 0.4) is 0 Å². The molecule has 1 aromatic rings. The Morgan fingerprint density at radius 2 is 2.05 bits per heavy atom. The van der Waals surface area contributed by atoms with Crippen LogP contribution in [0.1, 0.15) is 26.3 Å². The smallest absolute Gasteiger partial charge is 0.240 e. The number of nitriles is 1. The van der Waals surface area contributed by atoms with Crippen molar-refractivity contribution >= 4 is 34.8 Å². The third-order valence-electron chi connectivity index (χ3n) is 3.50. The van der Waals surface area contributed by atoms with Crippen molar-refractivity contribution in [2.45, 2.75) is 33.2 Å². The van der Waals surface area contributed by atoms with E-state index in [-0.39, 0.29) is 18.4 Å². The molecule has 0 spiro atoms. The van der Waals surface area contributed by atoms with E-state index in [4.69, 9.17) is 23.2 Å². The maximum Gasteiger partial charge on any atom is 0.240 e. The van der Waals surface area contributed by atoms with Gasteiger partial charge in [0.15, 0.2) is 0 Å². The first-order valence-corrected chi connectivity index (χ1v) is 7.37. The van der Waals surface area contributed by atoms with Crippen molar-refractivity contribution < 1.29 is 4.79 Å². The molecule has 0 saturated carbocycles. The van der Waals surface area contributed by atoms with Gasteiger partial charge in [0, 0.05) is 0 Å². The van der Waals surface area contributed by atoms with Gasteiger partial charge in [0.1, 0.15) is 5.54 Å². The second-order valence-corrected chi connectivity index (χ2v) is 6.21. The Morgan fingerprint density at radius 3 is 2.57 bits per heavy atom. The molecule has 0 bridgehead atoms. The van der Waals surface area contributed by atoms with Crippen LogP contribution in [0.5, 0.6) is 0 Å². The number of amides is 1. The SMILES string of the molecule is Cc1ccc(Cl)c(NCC(=O)N[C@](C)(C#N)C(C)C)c1Cl. The van der Waals surface area contributed by atoms with Gasteiger partial charge < -0.3 is 10.6 Å². The molecule has 0 aromatic heterocycles. The summed E-state index contributed by atoms with van der Waals surface area (Å²) in [6, 6.07) is 5.65. The molecule has 0 aliphatic heterocycles. The number of carbonyl (C=O) groups excluding carboxylic acids is 1. The molecule has 1 atom stereocenters. The monoisotopic (exact) mass is 327 g/mol. The lowest BCUT2D eigenvalue weighted by molar-refractivity contribution is -0.121. The summed E-state index contributed by atoms with van der Waals surface area (Å²) in [5, 5.41) is 15.8. The molecular formula is C15H19Cl2N3O. The number of hydrogen-bond acceptors (Lipinski definition) is 3. The number of nitrogens with zero attached hydrogens (tertiary/aromatic N) is 1. The zero-order valence-corrected chi connectivity index (χ0v) is 14.1. The zero-order valence-electron chi connectivity index (χ0n) is 12.6. The Bertz CT molecular complexity index is 581. The number of halogens is 2. The van der Waals surface area contributed by atoms with Gasteiger partial charge in [0.2, 0.25) is 5.91 Å². The number of aryl methyl sites for hydroxylation is 1. The highest BCUT2D eigenvalue weighted by Gasteiger charge is 2.29. The minimum absolute atomic E-state index is 0.00223. The topological polar surface area (TPSA) is 64.9 Å². The van der Waals surface area contributed by atoms with E-state index in [0.717, 1.165) is 5.56 Å². The molecule has 4 nitrogen and oxygen atoms in total. The Kier molecular flexibility index (Phi) is 5.88. The lowest BCUT2D eigenvalue weighted by atomic mass is 9.90. The molecule has 0 unspecified atom stereocenters. The maximum atomic E-state index is 12.0. The molecule has 1 rings (SSSR count). The number of rotatable bonds is 5.